The van der Waals surface area contributed by atoms with E-state index in [1.165, 1.54) is 57.8 Å². The van der Waals surface area contributed by atoms with Crippen LogP contribution < -0.4 is 0 Å². The molecule has 0 aliphatic rings. The monoisotopic (exact) mass is 415 g/mol. The van der Waals surface area contributed by atoms with E-state index >= 15 is 0 Å². The molecule has 0 saturated heterocycles. The Hall–Kier alpha value is -1.68. The molecular formula is C25H37NO2S. The number of fused-ring (bicyclic) bond motifs is 1. The van der Waals surface area contributed by atoms with Crippen LogP contribution in [0.5, 0.6) is 0 Å². The van der Waals surface area contributed by atoms with E-state index in [-0.39, 0.29) is 0 Å². The number of hydrogen-bond acceptors (Lipinski definition) is 3. The highest BCUT2D eigenvalue weighted by Gasteiger charge is 2.19. The van der Waals surface area contributed by atoms with Crippen molar-refractivity contribution in [1.82, 2.24) is 4.98 Å². The molecule has 1 N–H and O–H groups in total. The summed E-state index contributed by atoms with van der Waals surface area (Å²) in [7, 11) is 0. The third-order valence-corrected chi connectivity index (χ3v) is 6.35. The van der Waals surface area contributed by atoms with Gasteiger partial charge in [0.15, 0.2) is 0 Å². The van der Waals surface area contributed by atoms with Gasteiger partial charge in [-0.3, -0.25) is 4.79 Å². The molecule has 2 rings (SSSR count). The predicted molar refractivity (Wildman–Crippen MR) is 125 cm³/mol. The summed E-state index contributed by atoms with van der Waals surface area (Å²) >= 11 is 1.57. The molecule has 1 atom stereocenters. The molecular weight excluding hydrogens is 378 g/mol. The topological polar surface area (TPSA) is 50.2 Å². The third-order valence-electron chi connectivity index (χ3n) is 5.56. The summed E-state index contributed by atoms with van der Waals surface area (Å²) < 4.78 is 1.07. The lowest BCUT2D eigenvalue weighted by Gasteiger charge is -2.12. The molecule has 0 bridgehead atoms. The molecule has 0 radical (unpaired) electrons. The van der Waals surface area contributed by atoms with Crippen LogP contribution in [0.3, 0.4) is 0 Å². The quantitative estimate of drug-likeness (QED) is 0.222. The third kappa shape index (κ3) is 9.12. The van der Waals surface area contributed by atoms with E-state index in [9.17, 15) is 9.90 Å². The highest BCUT2D eigenvalue weighted by Crippen LogP contribution is 2.28. The Morgan fingerprint density at radius 1 is 1.00 bits per heavy atom. The van der Waals surface area contributed by atoms with Gasteiger partial charge in [-0.25, -0.2) is 4.98 Å². The molecule has 1 aromatic heterocycles. The van der Waals surface area contributed by atoms with Gasteiger partial charge in [0.1, 0.15) is 0 Å². The number of aromatic nitrogens is 1. The number of carboxylic acids is 1. The SMILES string of the molecule is CCCCCCCC/C=C\CCCCCCC(C(=O)O)c1ccc2ncsc2c1. The van der Waals surface area contributed by atoms with Crippen molar-refractivity contribution in [3.8, 4) is 0 Å². The first-order valence-electron chi connectivity index (χ1n) is 11.4. The van der Waals surface area contributed by atoms with Crippen molar-refractivity contribution in [3.63, 3.8) is 0 Å². The summed E-state index contributed by atoms with van der Waals surface area (Å²) in [5, 5.41) is 9.63. The van der Waals surface area contributed by atoms with Crippen LogP contribution in [0.4, 0.5) is 0 Å². The first-order valence-corrected chi connectivity index (χ1v) is 12.3. The number of allylic oxidation sites excluding steroid dienone is 2. The number of thiazole rings is 1. The Bertz CT molecular complexity index is 737. The van der Waals surface area contributed by atoms with E-state index in [4.69, 9.17) is 0 Å². The smallest absolute Gasteiger partial charge is 0.310 e. The molecule has 1 heterocycles. The summed E-state index contributed by atoms with van der Waals surface area (Å²) in [6.07, 6.45) is 20.4. The van der Waals surface area contributed by atoms with Crippen molar-refractivity contribution in [2.45, 2.75) is 96.3 Å². The maximum absolute atomic E-state index is 11.7. The molecule has 4 heteroatoms. The van der Waals surface area contributed by atoms with Gasteiger partial charge in [-0.2, -0.15) is 0 Å². The van der Waals surface area contributed by atoms with E-state index in [0.717, 1.165) is 35.0 Å². The molecule has 1 unspecified atom stereocenters. The highest BCUT2D eigenvalue weighted by atomic mass is 32.1. The summed E-state index contributed by atoms with van der Waals surface area (Å²) in [6.45, 7) is 2.26. The number of aliphatic carboxylic acids is 1. The number of benzene rings is 1. The molecule has 0 aliphatic heterocycles. The Morgan fingerprint density at radius 2 is 1.66 bits per heavy atom. The summed E-state index contributed by atoms with van der Waals surface area (Å²) in [6, 6.07) is 5.87. The van der Waals surface area contributed by atoms with Crippen molar-refractivity contribution in [2.75, 3.05) is 0 Å². The van der Waals surface area contributed by atoms with Crippen LogP contribution in [-0.4, -0.2) is 16.1 Å². The lowest BCUT2D eigenvalue weighted by Crippen LogP contribution is -2.11. The van der Waals surface area contributed by atoms with Crippen LogP contribution in [-0.2, 0) is 4.79 Å². The minimum absolute atomic E-state index is 0.404. The fourth-order valence-electron chi connectivity index (χ4n) is 3.76. The van der Waals surface area contributed by atoms with E-state index in [0.29, 0.717) is 6.42 Å². The molecule has 0 amide bonds. The zero-order chi connectivity index (χ0) is 20.7. The average molecular weight is 416 g/mol. The Labute approximate surface area is 180 Å². The second kappa shape index (κ2) is 14.3. The van der Waals surface area contributed by atoms with Gasteiger partial charge < -0.3 is 5.11 Å². The normalized spacial score (nSPS) is 12.7. The van der Waals surface area contributed by atoms with Crippen molar-refractivity contribution < 1.29 is 9.90 Å². The van der Waals surface area contributed by atoms with Crippen molar-refractivity contribution in [2.24, 2.45) is 0 Å². The first kappa shape index (κ1) is 23.6. The number of rotatable bonds is 16. The molecule has 0 saturated carbocycles. The number of carboxylic acid groups (broad SMARTS) is 1. The average Bonchev–Trinajstić information content (AvgIpc) is 3.18. The van der Waals surface area contributed by atoms with Gasteiger partial charge in [0, 0.05) is 0 Å². The van der Waals surface area contributed by atoms with Crippen LogP contribution in [0.1, 0.15) is 102 Å². The largest absolute Gasteiger partial charge is 0.481 e. The maximum Gasteiger partial charge on any atom is 0.310 e. The molecule has 1 aromatic carbocycles. The molecule has 2 aromatic rings. The Balaban J connectivity index is 1.55. The molecule has 160 valence electrons. The van der Waals surface area contributed by atoms with Crippen LogP contribution in [0.25, 0.3) is 10.2 Å². The van der Waals surface area contributed by atoms with Crippen molar-refractivity contribution >= 4 is 27.5 Å². The van der Waals surface area contributed by atoms with Crippen LogP contribution in [0, 0.1) is 0 Å². The van der Waals surface area contributed by atoms with Gasteiger partial charge in [-0.1, -0.05) is 76.5 Å². The van der Waals surface area contributed by atoms with E-state index in [1.54, 1.807) is 11.3 Å². The molecule has 29 heavy (non-hydrogen) atoms. The molecule has 0 fully saturated rings. The van der Waals surface area contributed by atoms with E-state index < -0.39 is 11.9 Å². The van der Waals surface area contributed by atoms with Gasteiger partial charge in [-0.05, 0) is 49.8 Å². The second-order valence-electron chi connectivity index (χ2n) is 7.99. The predicted octanol–water partition coefficient (Wildman–Crippen LogP) is 8.11. The fraction of sp³-hybridized carbons (Fsp3) is 0.600. The molecule has 0 spiro atoms. The zero-order valence-electron chi connectivity index (χ0n) is 17.9. The Morgan fingerprint density at radius 3 is 2.34 bits per heavy atom. The van der Waals surface area contributed by atoms with Crippen LogP contribution in [0.2, 0.25) is 0 Å². The lowest BCUT2D eigenvalue weighted by molar-refractivity contribution is -0.139. The van der Waals surface area contributed by atoms with Gasteiger partial charge in [0.05, 0.1) is 21.6 Å². The minimum Gasteiger partial charge on any atom is -0.481 e. The Kier molecular flexibility index (Phi) is 11.7. The molecule has 3 nitrogen and oxygen atoms in total. The second-order valence-corrected chi connectivity index (χ2v) is 8.88. The minimum atomic E-state index is -0.716. The first-order chi connectivity index (χ1) is 14.2. The van der Waals surface area contributed by atoms with Crippen molar-refractivity contribution in [3.05, 3.63) is 41.4 Å². The summed E-state index contributed by atoms with van der Waals surface area (Å²) in [5.41, 5.74) is 3.67. The summed E-state index contributed by atoms with van der Waals surface area (Å²) in [4.78, 5) is 16.0. The summed E-state index contributed by atoms with van der Waals surface area (Å²) in [5.74, 6) is -1.12. The maximum atomic E-state index is 11.7. The van der Waals surface area contributed by atoms with Gasteiger partial charge in [0.2, 0.25) is 0 Å². The standard InChI is InChI=1S/C25H37NO2S/c1-2-3-4-5-6-7-8-9-10-11-12-13-14-15-16-22(25(27)28)21-17-18-23-24(19-21)29-20-26-23/h9-10,17-20,22H,2-8,11-16H2,1H3,(H,27,28)/b10-9-. The van der Waals surface area contributed by atoms with Gasteiger partial charge in [0.25, 0.3) is 0 Å². The lowest BCUT2D eigenvalue weighted by atomic mass is 9.93. The fourth-order valence-corrected chi connectivity index (χ4v) is 4.49. The highest BCUT2D eigenvalue weighted by molar-refractivity contribution is 7.16. The van der Waals surface area contributed by atoms with Crippen LogP contribution in [0.15, 0.2) is 35.9 Å². The number of hydrogen-bond donors (Lipinski definition) is 1. The van der Waals surface area contributed by atoms with Crippen LogP contribution >= 0.6 is 11.3 Å². The number of carbonyl (C=O) groups is 1. The van der Waals surface area contributed by atoms with E-state index in [1.807, 2.05) is 23.7 Å². The van der Waals surface area contributed by atoms with Crippen molar-refractivity contribution in [1.29, 1.82) is 0 Å². The zero-order valence-corrected chi connectivity index (χ0v) is 18.8. The number of nitrogens with zero attached hydrogens (tertiary/aromatic N) is 1. The number of unbranched alkanes of at least 4 members (excludes halogenated alkanes) is 10. The van der Waals surface area contributed by atoms with E-state index in [2.05, 4.69) is 24.1 Å². The van der Waals surface area contributed by atoms with Gasteiger partial charge >= 0.3 is 5.97 Å². The van der Waals surface area contributed by atoms with Gasteiger partial charge in [-0.15, -0.1) is 11.3 Å². The molecule has 0 aliphatic carbocycles.